The van der Waals surface area contributed by atoms with Gasteiger partial charge < -0.3 is 19.9 Å². The van der Waals surface area contributed by atoms with E-state index in [-0.39, 0.29) is 29.7 Å². The highest BCUT2D eigenvalue weighted by Gasteiger charge is 2.38. The van der Waals surface area contributed by atoms with Crippen molar-refractivity contribution in [2.75, 3.05) is 13.9 Å². The van der Waals surface area contributed by atoms with Crippen LogP contribution in [0.15, 0.2) is 30.5 Å². The number of aromatic nitrogens is 4. The lowest BCUT2D eigenvalue weighted by Gasteiger charge is -2.46. The molecule has 0 bridgehead atoms. The number of hydrogen-bond donors (Lipinski definition) is 2. The number of ether oxygens (including phenoxy) is 2. The summed E-state index contributed by atoms with van der Waals surface area (Å²) in [7, 11) is 1.55. The third-order valence-corrected chi connectivity index (χ3v) is 5.40. The Morgan fingerprint density at radius 1 is 1.13 bits per heavy atom. The molecule has 0 unspecified atom stereocenters. The van der Waals surface area contributed by atoms with Crippen LogP contribution in [0.3, 0.4) is 0 Å². The molecule has 0 atom stereocenters. The van der Waals surface area contributed by atoms with E-state index in [0.29, 0.717) is 17.1 Å². The Morgan fingerprint density at radius 2 is 1.87 bits per heavy atom. The number of piperidine rings is 1. The number of phenolic OH excluding ortho intramolecular Hbond substituents is 1. The van der Waals surface area contributed by atoms with Crippen LogP contribution >= 0.6 is 0 Å². The number of methoxy groups -OCH3 is 1. The summed E-state index contributed by atoms with van der Waals surface area (Å²) >= 11 is 0. The summed E-state index contributed by atoms with van der Waals surface area (Å²) < 4.78 is 12.6. The first-order valence-electron chi connectivity index (χ1n) is 10.1. The summed E-state index contributed by atoms with van der Waals surface area (Å²) in [5.41, 5.74) is 2.06. The lowest BCUT2D eigenvalue weighted by molar-refractivity contribution is 0.0514. The molecule has 30 heavy (non-hydrogen) atoms. The van der Waals surface area contributed by atoms with Gasteiger partial charge in [0.05, 0.1) is 11.7 Å². The minimum atomic E-state index is 0.0288. The van der Waals surface area contributed by atoms with E-state index in [2.05, 4.69) is 43.2 Å². The molecule has 8 heteroatoms. The zero-order valence-corrected chi connectivity index (χ0v) is 18.1. The Hall–Kier alpha value is -2.71. The topological polar surface area (TPSA) is 94.3 Å². The molecular formula is C22H29N5O3. The number of rotatable bonds is 5. The molecule has 4 rings (SSSR count). The smallest absolute Gasteiger partial charge is 0.203 e. The highest BCUT2D eigenvalue weighted by Crippen LogP contribution is 2.37. The van der Waals surface area contributed by atoms with Crippen molar-refractivity contribution in [3.63, 3.8) is 0 Å². The second-order valence-corrected chi connectivity index (χ2v) is 9.30. The number of nitrogens with one attached hydrogen (secondary N) is 1. The fraction of sp³-hybridized carbons (Fsp3) is 0.500. The lowest BCUT2D eigenvalue weighted by Crippen LogP contribution is -2.58. The summed E-state index contributed by atoms with van der Waals surface area (Å²) in [4.78, 5) is 0. The van der Waals surface area contributed by atoms with Crippen LogP contribution < -0.4 is 10.1 Å². The van der Waals surface area contributed by atoms with E-state index in [4.69, 9.17) is 14.6 Å². The molecule has 0 saturated carbocycles. The zero-order valence-electron chi connectivity index (χ0n) is 18.1. The van der Waals surface area contributed by atoms with E-state index in [1.165, 1.54) is 0 Å². The number of benzene rings is 1. The standard InChI is InChI=1S/C22H29N5O3/c1-21(2)10-15(11-22(3,4)26-21)27-12-14-8-18(23-24-20(14)25-27)17-7-6-16(28)9-19(17)30-13-29-5/h6-9,12,15,26,28H,10-11,13H2,1-5H3. The van der Waals surface area contributed by atoms with E-state index in [9.17, 15) is 5.11 Å². The van der Waals surface area contributed by atoms with Crippen molar-refractivity contribution in [1.29, 1.82) is 0 Å². The SMILES string of the molecule is COCOc1cc(O)ccc1-c1cc2cn(C3CC(C)(C)NC(C)(C)C3)nc2nn1. The van der Waals surface area contributed by atoms with Crippen LogP contribution in [0.25, 0.3) is 22.3 Å². The van der Waals surface area contributed by atoms with Crippen LogP contribution in [0.1, 0.15) is 46.6 Å². The third-order valence-electron chi connectivity index (χ3n) is 5.40. The van der Waals surface area contributed by atoms with E-state index in [1.807, 2.05) is 16.9 Å². The maximum atomic E-state index is 9.81. The van der Waals surface area contributed by atoms with Gasteiger partial charge in [-0.15, -0.1) is 10.2 Å². The quantitative estimate of drug-likeness (QED) is 0.619. The van der Waals surface area contributed by atoms with Crippen LogP contribution in [-0.2, 0) is 4.74 Å². The van der Waals surface area contributed by atoms with E-state index < -0.39 is 0 Å². The predicted molar refractivity (Wildman–Crippen MR) is 114 cm³/mol. The molecule has 2 aromatic heterocycles. The second kappa shape index (κ2) is 7.52. The van der Waals surface area contributed by atoms with Gasteiger partial charge in [0.1, 0.15) is 11.5 Å². The van der Waals surface area contributed by atoms with E-state index in [1.54, 1.807) is 25.3 Å². The number of aromatic hydroxyl groups is 1. The molecule has 0 radical (unpaired) electrons. The predicted octanol–water partition coefficient (Wildman–Crippen LogP) is 3.66. The molecule has 3 heterocycles. The lowest BCUT2D eigenvalue weighted by atomic mass is 9.80. The monoisotopic (exact) mass is 411 g/mol. The summed E-state index contributed by atoms with van der Waals surface area (Å²) in [5, 5.41) is 27.8. The van der Waals surface area contributed by atoms with Gasteiger partial charge in [-0.3, -0.25) is 4.68 Å². The van der Waals surface area contributed by atoms with Crippen LogP contribution in [0.4, 0.5) is 0 Å². The van der Waals surface area contributed by atoms with Gasteiger partial charge in [-0.25, -0.2) is 0 Å². The molecule has 3 aromatic rings. The van der Waals surface area contributed by atoms with Crippen LogP contribution in [0.2, 0.25) is 0 Å². The zero-order chi connectivity index (χ0) is 21.5. The average Bonchev–Trinajstić information content (AvgIpc) is 3.07. The van der Waals surface area contributed by atoms with E-state index in [0.717, 1.165) is 23.8 Å². The fourth-order valence-corrected chi connectivity index (χ4v) is 4.59. The maximum absolute atomic E-state index is 9.81. The first kappa shape index (κ1) is 20.6. The van der Waals surface area contributed by atoms with Gasteiger partial charge in [-0.2, -0.15) is 5.10 Å². The van der Waals surface area contributed by atoms with Gasteiger partial charge >= 0.3 is 0 Å². The highest BCUT2D eigenvalue weighted by molar-refractivity contribution is 5.80. The van der Waals surface area contributed by atoms with Crippen molar-refractivity contribution >= 4 is 11.0 Å². The van der Waals surface area contributed by atoms with Crippen LogP contribution in [0, 0.1) is 0 Å². The molecule has 1 aromatic carbocycles. The first-order valence-corrected chi connectivity index (χ1v) is 10.1. The summed E-state index contributed by atoms with van der Waals surface area (Å²) in [6.45, 7) is 9.00. The number of fused-ring (bicyclic) bond motifs is 1. The highest BCUT2D eigenvalue weighted by atomic mass is 16.7. The number of hydrogen-bond acceptors (Lipinski definition) is 7. The number of nitrogens with zero attached hydrogens (tertiary/aromatic N) is 4. The molecule has 160 valence electrons. The Morgan fingerprint density at radius 3 is 2.57 bits per heavy atom. The van der Waals surface area contributed by atoms with Gasteiger partial charge in [0.15, 0.2) is 6.79 Å². The van der Waals surface area contributed by atoms with Gasteiger partial charge in [0.2, 0.25) is 5.65 Å². The molecule has 1 aliphatic heterocycles. The third kappa shape index (κ3) is 4.24. The van der Waals surface area contributed by atoms with Crippen LogP contribution in [-0.4, -0.2) is 50.1 Å². The van der Waals surface area contributed by atoms with E-state index >= 15 is 0 Å². The second-order valence-electron chi connectivity index (χ2n) is 9.30. The minimum Gasteiger partial charge on any atom is -0.508 e. The van der Waals surface area contributed by atoms with Gasteiger partial charge in [-0.05, 0) is 58.7 Å². The largest absolute Gasteiger partial charge is 0.508 e. The molecule has 0 amide bonds. The van der Waals surface area contributed by atoms with Crippen molar-refractivity contribution in [1.82, 2.24) is 25.3 Å². The van der Waals surface area contributed by atoms with Crippen molar-refractivity contribution < 1.29 is 14.6 Å². The summed E-state index contributed by atoms with van der Waals surface area (Å²) in [6.07, 6.45) is 4.01. The van der Waals surface area contributed by atoms with Crippen molar-refractivity contribution in [2.45, 2.75) is 57.7 Å². The summed E-state index contributed by atoms with van der Waals surface area (Å²) in [5.74, 6) is 0.600. The van der Waals surface area contributed by atoms with Crippen LogP contribution in [0.5, 0.6) is 11.5 Å². The van der Waals surface area contributed by atoms with Gasteiger partial charge in [0.25, 0.3) is 0 Å². The normalized spacial score (nSPS) is 18.6. The fourth-order valence-electron chi connectivity index (χ4n) is 4.59. The Balaban J connectivity index is 1.69. The molecule has 0 spiro atoms. The van der Waals surface area contributed by atoms with Gasteiger partial charge in [0, 0.05) is 41.4 Å². The van der Waals surface area contributed by atoms with Crippen molar-refractivity contribution in [3.05, 3.63) is 30.5 Å². The van der Waals surface area contributed by atoms with Gasteiger partial charge in [-0.1, -0.05) is 0 Å². The van der Waals surface area contributed by atoms with Crippen molar-refractivity contribution in [2.24, 2.45) is 0 Å². The summed E-state index contributed by atoms with van der Waals surface area (Å²) in [6, 6.07) is 7.14. The molecule has 2 N–H and O–H groups in total. The molecule has 1 saturated heterocycles. The maximum Gasteiger partial charge on any atom is 0.203 e. The molecule has 8 nitrogen and oxygen atoms in total. The molecule has 1 fully saturated rings. The Kier molecular flexibility index (Phi) is 5.15. The molecule has 1 aliphatic rings. The average molecular weight is 412 g/mol. The first-order chi connectivity index (χ1) is 14.2. The number of phenols is 1. The Bertz CT molecular complexity index is 1040. The Labute approximate surface area is 176 Å². The minimum absolute atomic E-state index is 0.0288. The molecule has 0 aliphatic carbocycles. The van der Waals surface area contributed by atoms with Crippen molar-refractivity contribution in [3.8, 4) is 22.8 Å². The molecular weight excluding hydrogens is 382 g/mol.